The zero-order chi connectivity index (χ0) is 16.2. The first-order valence-electron chi connectivity index (χ1n) is 7.83. The van der Waals surface area contributed by atoms with Gasteiger partial charge in [0.25, 0.3) is 0 Å². The van der Waals surface area contributed by atoms with Crippen molar-refractivity contribution in [1.29, 1.82) is 0 Å². The molecule has 1 heterocycles. The van der Waals surface area contributed by atoms with E-state index in [-0.39, 0.29) is 5.91 Å². The van der Waals surface area contributed by atoms with Crippen LogP contribution < -0.4 is 5.32 Å². The topological polar surface area (TPSA) is 46.9 Å². The van der Waals surface area contributed by atoms with Gasteiger partial charge in [-0.1, -0.05) is 36.6 Å². The number of nitrogens with one attached hydrogen (secondary N) is 1. The van der Waals surface area contributed by atoms with E-state index >= 15 is 0 Å². The van der Waals surface area contributed by atoms with E-state index in [0.29, 0.717) is 21.8 Å². The normalized spacial score (nSPS) is 15.0. The van der Waals surface area contributed by atoms with E-state index in [1.54, 1.807) is 16.4 Å². The smallest absolute Gasteiger partial charge is 0.235 e. The highest BCUT2D eigenvalue weighted by molar-refractivity contribution is 8.00. The molecule has 3 rings (SSSR count). The van der Waals surface area contributed by atoms with Crippen LogP contribution in [0.3, 0.4) is 0 Å². The lowest BCUT2D eigenvalue weighted by molar-refractivity contribution is -0.113. The Bertz CT molecular complexity index is 678. The van der Waals surface area contributed by atoms with Crippen LogP contribution >= 0.6 is 23.4 Å². The van der Waals surface area contributed by atoms with Crippen molar-refractivity contribution in [1.82, 2.24) is 9.78 Å². The van der Waals surface area contributed by atoms with Gasteiger partial charge in [-0.3, -0.25) is 9.48 Å². The maximum absolute atomic E-state index is 12.1. The first kappa shape index (κ1) is 16.4. The fourth-order valence-corrected chi connectivity index (χ4v) is 4.03. The molecule has 1 N–H and O–H groups in total. The molecule has 1 saturated carbocycles. The molecule has 1 aliphatic carbocycles. The minimum atomic E-state index is 0.0348. The summed E-state index contributed by atoms with van der Waals surface area (Å²) < 4.78 is 1.70. The number of amides is 1. The number of rotatable bonds is 5. The van der Waals surface area contributed by atoms with Gasteiger partial charge in [-0.2, -0.15) is 5.10 Å². The molecule has 0 atom stereocenters. The number of carbonyl (C=O) groups is 1. The predicted octanol–water partition coefficient (Wildman–Crippen LogP) is 4.35. The Balaban J connectivity index is 1.61. The fraction of sp³-hybridized carbons (Fsp3) is 0.412. The quantitative estimate of drug-likeness (QED) is 0.872. The summed E-state index contributed by atoms with van der Waals surface area (Å²) in [7, 11) is 1.83. The maximum Gasteiger partial charge on any atom is 0.235 e. The highest BCUT2D eigenvalue weighted by Gasteiger charge is 2.17. The van der Waals surface area contributed by atoms with E-state index < -0.39 is 0 Å². The highest BCUT2D eigenvalue weighted by Crippen LogP contribution is 2.29. The van der Waals surface area contributed by atoms with Gasteiger partial charge in [0.2, 0.25) is 5.91 Å². The second-order valence-corrected chi connectivity index (χ2v) is 7.54. The van der Waals surface area contributed by atoms with Crippen molar-refractivity contribution in [3.05, 3.63) is 35.4 Å². The Hall–Kier alpha value is -1.46. The largest absolute Gasteiger partial charge is 0.310 e. The lowest BCUT2D eigenvalue weighted by atomic mass is 10.1. The number of aromatic nitrogens is 2. The van der Waals surface area contributed by atoms with Gasteiger partial charge in [0.1, 0.15) is 5.82 Å². The number of benzene rings is 1. The van der Waals surface area contributed by atoms with Crippen LogP contribution in [-0.4, -0.2) is 26.7 Å². The van der Waals surface area contributed by atoms with Crippen LogP contribution in [0.1, 0.15) is 25.7 Å². The van der Waals surface area contributed by atoms with Gasteiger partial charge in [-0.15, -0.1) is 11.8 Å². The molecular formula is C17H20ClN3OS. The molecule has 0 saturated heterocycles. The standard InChI is InChI=1S/C17H20ClN3OS/c1-21-16(19-17(22)11-23-14-4-2-3-5-14)10-15(20-21)12-6-8-13(18)9-7-12/h6-10,14H,2-5,11H2,1H3,(H,19,22). The van der Waals surface area contributed by atoms with Crippen LogP contribution in [0, 0.1) is 0 Å². The Morgan fingerprint density at radius 3 is 2.74 bits per heavy atom. The number of aryl methyl sites for hydroxylation is 1. The van der Waals surface area contributed by atoms with E-state index in [4.69, 9.17) is 11.6 Å². The summed E-state index contributed by atoms with van der Waals surface area (Å²) in [5, 5.41) is 8.75. The third kappa shape index (κ3) is 4.30. The van der Waals surface area contributed by atoms with Gasteiger partial charge >= 0.3 is 0 Å². The van der Waals surface area contributed by atoms with E-state index in [1.165, 1.54) is 25.7 Å². The molecule has 1 aliphatic rings. The predicted molar refractivity (Wildman–Crippen MR) is 97.0 cm³/mol. The van der Waals surface area contributed by atoms with Gasteiger partial charge in [0, 0.05) is 29.0 Å². The third-order valence-corrected chi connectivity index (χ3v) is 5.66. The van der Waals surface area contributed by atoms with Crippen molar-refractivity contribution >= 4 is 35.1 Å². The molecule has 0 unspecified atom stereocenters. The van der Waals surface area contributed by atoms with Crippen molar-refractivity contribution in [2.24, 2.45) is 7.05 Å². The first-order valence-corrected chi connectivity index (χ1v) is 9.26. The lowest BCUT2D eigenvalue weighted by Gasteiger charge is -2.08. The van der Waals surface area contributed by atoms with Crippen LogP contribution in [0.15, 0.2) is 30.3 Å². The van der Waals surface area contributed by atoms with E-state index in [2.05, 4.69) is 10.4 Å². The van der Waals surface area contributed by atoms with Crippen LogP contribution in [0.25, 0.3) is 11.3 Å². The number of anilines is 1. The second-order valence-electron chi connectivity index (χ2n) is 5.81. The molecule has 0 radical (unpaired) electrons. The van der Waals surface area contributed by atoms with Crippen molar-refractivity contribution in [3.8, 4) is 11.3 Å². The zero-order valence-electron chi connectivity index (χ0n) is 13.1. The summed E-state index contributed by atoms with van der Waals surface area (Å²) in [4.78, 5) is 12.1. The van der Waals surface area contributed by atoms with Gasteiger partial charge in [-0.25, -0.2) is 0 Å². The summed E-state index contributed by atoms with van der Waals surface area (Å²) >= 11 is 7.67. The summed E-state index contributed by atoms with van der Waals surface area (Å²) in [6.45, 7) is 0. The van der Waals surface area contributed by atoms with E-state index in [9.17, 15) is 4.79 Å². The van der Waals surface area contributed by atoms with Crippen LogP contribution in [0.4, 0.5) is 5.82 Å². The molecule has 1 fully saturated rings. The molecule has 2 aromatic rings. The number of hydrogen-bond acceptors (Lipinski definition) is 3. The van der Waals surface area contributed by atoms with Gasteiger partial charge in [0.05, 0.1) is 11.4 Å². The average molecular weight is 350 g/mol. The molecular weight excluding hydrogens is 330 g/mol. The fourth-order valence-electron chi connectivity index (χ4n) is 2.77. The van der Waals surface area contributed by atoms with Crippen LogP contribution in [0.5, 0.6) is 0 Å². The molecule has 1 amide bonds. The third-order valence-electron chi connectivity index (χ3n) is 4.04. The number of nitrogens with zero attached hydrogens (tertiary/aromatic N) is 2. The molecule has 23 heavy (non-hydrogen) atoms. The summed E-state index contributed by atoms with van der Waals surface area (Å²) in [6, 6.07) is 9.41. The van der Waals surface area contributed by atoms with E-state index in [0.717, 1.165) is 11.3 Å². The Labute approximate surface area is 145 Å². The monoisotopic (exact) mass is 349 g/mol. The maximum atomic E-state index is 12.1. The van der Waals surface area contributed by atoms with Gasteiger partial charge in [-0.05, 0) is 25.0 Å². The average Bonchev–Trinajstić information content (AvgIpc) is 3.17. The number of thioether (sulfide) groups is 1. The van der Waals surface area contributed by atoms with Crippen LogP contribution in [0.2, 0.25) is 5.02 Å². The molecule has 0 bridgehead atoms. The molecule has 4 nitrogen and oxygen atoms in total. The molecule has 1 aromatic carbocycles. The second kappa shape index (κ2) is 7.41. The first-order chi connectivity index (χ1) is 11.1. The molecule has 6 heteroatoms. The molecule has 122 valence electrons. The van der Waals surface area contributed by atoms with E-state index in [1.807, 2.05) is 37.4 Å². The Kier molecular flexibility index (Phi) is 5.28. The SMILES string of the molecule is Cn1nc(-c2ccc(Cl)cc2)cc1NC(=O)CSC1CCCC1. The number of halogens is 1. The van der Waals surface area contributed by atoms with Crippen LogP contribution in [-0.2, 0) is 11.8 Å². The zero-order valence-corrected chi connectivity index (χ0v) is 14.7. The lowest BCUT2D eigenvalue weighted by Crippen LogP contribution is -2.17. The minimum absolute atomic E-state index is 0.0348. The summed E-state index contributed by atoms with van der Waals surface area (Å²) in [6.07, 6.45) is 5.08. The van der Waals surface area contributed by atoms with Gasteiger partial charge < -0.3 is 5.32 Å². The van der Waals surface area contributed by atoms with Gasteiger partial charge in [0.15, 0.2) is 0 Å². The number of carbonyl (C=O) groups excluding carboxylic acids is 1. The Morgan fingerprint density at radius 2 is 2.04 bits per heavy atom. The molecule has 1 aromatic heterocycles. The molecule has 0 spiro atoms. The van der Waals surface area contributed by atoms with Crippen molar-refractivity contribution in [2.45, 2.75) is 30.9 Å². The number of hydrogen-bond donors (Lipinski definition) is 1. The summed E-state index contributed by atoms with van der Waals surface area (Å²) in [5.41, 5.74) is 1.80. The van der Waals surface area contributed by atoms with Crippen molar-refractivity contribution in [3.63, 3.8) is 0 Å². The molecule has 0 aliphatic heterocycles. The summed E-state index contributed by atoms with van der Waals surface area (Å²) in [5.74, 6) is 1.26. The Morgan fingerprint density at radius 1 is 1.35 bits per heavy atom. The highest BCUT2D eigenvalue weighted by atomic mass is 35.5. The van der Waals surface area contributed by atoms with Crippen molar-refractivity contribution in [2.75, 3.05) is 11.1 Å². The minimum Gasteiger partial charge on any atom is -0.310 e. The van der Waals surface area contributed by atoms with Crippen molar-refractivity contribution < 1.29 is 4.79 Å².